The average Bonchev–Trinajstić information content (AvgIpc) is 4.13. The van der Waals surface area contributed by atoms with Gasteiger partial charge in [-0.3, -0.25) is 14.4 Å². The molecule has 8 saturated carbocycles. The molecule has 0 aromatic heterocycles. The quantitative estimate of drug-likeness (QED) is 0.169. The van der Waals surface area contributed by atoms with Crippen LogP contribution in [-0.2, 0) is 25.6 Å². The van der Waals surface area contributed by atoms with Gasteiger partial charge in [-0.1, -0.05) is 60.2 Å². The van der Waals surface area contributed by atoms with Gasteiger partial charge >= 0.3 is 23.1 Å². The maximum atomic E-state index is 13.5. The van der Waals surface area contributed by atoms with E-state index in [4.69, 9.17) is 14.3 Å². The number of Topliss-reactive ketones (excluding diaryl/α,β-unsaturated/α-hetero) is 1. The fourth-order valence-corrected chi connectivity index (χ4v) is 18.3. The number of ketones is 1. The van der Waals surface area contributed by atoms with E-state index in [2.05, 4.69) is 53.7 Å². The summed E-state index contributed by atoms with van der Waals surface area (Å²) in [6.45, 7) is 21.8. The molecule has 76 heavy (non-hydrogen) atoms. The number of nitrogens with zero attached hydrogens (tertiary/aromatic N) is 1. The maximum Gasteiger partial charge on any atom is 2.00 e. The van der Waals surface area contributed by atoms with Gasteiger partial charge in [0.1, 0.15) is 11.5 Å². The van der Waals surface area contributed by atoms with Gasteiger partial charge in [0.25, 0.3) is 0 Å². The number of fused-ring (bicyclic) bond motifs is 10. The summed E-state index contributed by atoms with van der Waals surface area (Å²) in [4.78, 5) is 31.6. The number of hydrogen-bond acceptors (Lipinski definition) is 7. The Bertz CT molecular complexity index is 2130. The molecule has 0 bridgehead atoms. The van der Waals surface area contributed by atoms with E-state index in [1.165, 1.54) is 101 Å². The van der Waals surface area contributed by atoms with Gasteiger partial charge in [0.15, 0.2) is 0 Å². The van der Waals surface area contributed by atoms with Crippen LogP contribution in [0.4, 0.5) is 0 Å². The van der Waals surface area contributed by atoms with Crippen molar-refractivity contribution in [2.24, 2.45) is 80.8 Å². The zero-order valence-electron chi connectivity index (χ0n) is 48.9. The molecule has 428 valence electrons. The van der Waals surface area contributed by atoms with E-state index in [1.54, 1.807) is 21.3 Å². The Kier molecular flexibility index (Phi) is 23.5. The second-order valence-electron chi connectivity index (χ2n) is 26.9. The summed E-state index contributed by atoms with van der Waals surface area (Å²) < 4.78 is 10.2. The van der Waals surface area contributed by atoms with Crippen LogP contribution in [0.3, 0.4) is 0 Å². The van der Waals surface area contributed by atoms with Crippen molar-refractivity contribution in [2.75, 3.05) is 34.5 Å². The molecule has 8 nitrogen and oxygen atoms in total. The number of rotatable bonds is 6. The predicted octanol–water partition coefficient (Wildman–Crippen LogP) is 15.0. The van der Waals surface area contributed by atoms with E-state index in [-0.39, 0.29) is 80.3 Å². The second-order valence-corrected chi connectivity index (χ2v) is 26.9. The molecule has 10 heteroatoms. The van der Waals surface area contributed by atoms with Crippen LogP contribution in [0, 0.1) is 94.7 Å². The molecule has 0 unspecified atom stereocenters. The smallest absolute Gasteiger partial charge is 1.00 e. The monoisotopic (exact) mass is 1090 g/mol. The van der Waals surface area contributed by atoms with Crippen molar-refractivity contribution in [3.63, 3.8) is 0 Å². The number of benzene rings is 2. The van der Waals surface area contributed by atoms with Gasteiger partial charge < -0.3 is 21.1 Å². The maximum absolute atomic E-state index is 13.5. The van der Waals surface area contributed by atoms with Gasteiger partial charge in [-0.05, 0) is 236 Å². The minimum Gasteiger partial charge on any atom is -1.00 e. The molecule has 0 radical (unpaired) electrons. The zero-order valence-corrected chi connectivity index (χ0v) is 50.1. The Hall–Kier alpha value is -1.85. The number of hydroxylamine groups is 2. The number of hydrogen-bond donors (Lipinski definition) is 2. The van der Waals surface area contributed by atoms with Gasteiger partial charge in [-0.15, -0.1) is 24.5 Å². The van der Waals surface area contributed by atoms with Crippen LogP contribution in [0.25, 0.3) is 0 Å². The number of amides is 1. The topological polar surface area (TPSA) is 106 Å². The molecule has 1 aliphatic heterocycles. The largest absolute Gasteiger partial charge is 2.00 e. The molecule has 9 aliphatic rings. The number of aryl methyl sites for hydroxylation is 1. The third kappa shape index (κ3) is 13.7. The van der Waals surface area contributed by atoms with E-state index in [0.29, 0.717) is 46.7 Å². The second kappa shape index (κ2) is 26.8. The summed E-state index contributed by atoms with van der Waals surface area (Å²) in [5.41, 5.74) is 3.63. The standard InChI is InChI=1S/C29H42O3.C23H39NO3.C8H9.C4H8O.2CH4.ClH.Mg.H/c1-27(31)15-16-28(2)20(18-27)7-10-22-23-11-12-25(29(23,3)14-13-24(22)28)26(30)17-19-5-8-21(32-4)9-6-19;1-21(26)12-13-22(2)15(14-21)6-7-16-17-8-9-19(20(25)24(4)27-5)23(17,3)11-10-18(16)22;1-7-3-5-8(2)6-4-7;1-2-4-5-3-1;;;;;/h5-6,8-9,20,22-25,31H,7,10-18H2,1-4H3;15-19,26H,6-14H2,1-5H3;3-6H,1H2,2H3;1-4H2;2*1H4;1H;;/q;;-1;;;;;+2;-1/t20-,22+,23+,24+,25-,27-,28+,29+;15-,16+,17+,18+,19-,21-,22+,23+;;;;;;;/m11......./s1. The van der Waals surface area contributed by atoms with E-state index >= 15 is 0 Å². The molecule has 1 heterocycles. The Morgan fingerprint density at radius 2 is 1.08 bits per heavy atom. The van der Waals surface area contributed by atoms with Crippen LogP contribution in [0.2, 0.25) is 0 Å². The molecule has 1 saturated heterocycles. The summed E-state index contributed by atoms with van der Waals surface area (Å²) in [6.07, 6.45) is 23.9. The fraction of sp³-hybridized carbons (Fsp3) is 0.773. The Morgan fingerprint density at radius 1 is 0.632 bits per heavy atom. The molecule has 2 N–H and O–H groups in total. The van der Waals surface area contributed by atoms with E-state index < -0.39 is 11.2 Å². The minimum absolute atomic E-state index is 0. The molecule has 8 aliphatic carbocycles. The predicted molar refractivity (Wildman–Crippen MR) is 316 cm³/mol. The van der Waals surface area contributed by atoms with Gasteiger partial charge in [-0.2, -0.15) is 24.6 Å². The normalized spacial score (nSPS) is 40.1. The molecule has 1 amide bonds. The first-order chi connectivity index (χ1) is 34.1. The van der Waals surface area contributed by atoms with E-state index in [1.807, 2.05) is 50.2 Å². The van der Waals surface area contributed by atoms with Crippen LogP contribution >= 0.6 is 12.4 Å². The Morgan fingerprint density at radius 3 is 1.50 bits per heavy atom. The number of carbonyl (C=O) groups excluding carboxylic acids is 2. The fourth-order valence-electron chi connectivity index (χ4n) is 18.3. The number of carbonyl (C=O) groups is 2. The average molecular weight is 1090 g/mol. The molecular formula is C66H108ClMgNO7. The van der Waals surface area contributed by atoms with Crippen LogP contribution in [-0.4, -0.2) is 95.7 Å². The first-order valence-electron chi connectivity index (χ1n) is 29.0. The number of ether oxygens (including phenoxy) is 2. The van der Waals surface area contributed by atoms with Gasteiger partial charge in [0.2, 0.25) is 5.91 Å². The van der Waals surface area contributed by atoms with Gasteiger partial charge in [-0.25, -0.2) is 5.06 Å². The third-order valence-corrected chi connectivity index (χ3v) is 22.7. The van der Waals surface area contributed by atoms with Crippen molar-refractivity contribution in [3.8, 4) is 5.75 Å². The van der Waals surface area contributed by atoms with Crippen LogP contribution in [0.1, 0.15) is 203 Å². The van der Waals surface area contributed by atoms with E-state index in [0.717, 1.165) is 92.3 Å². The summed E-state index contributed by atoms with van der Waals surface area (Å²) in [7, 11) is 5.02. The summed E-state index contributed by atoms with van der Waals surface area (Å²) >= 11 is 0. The van der Waals surface area contributed by atoms with Crippen molar-refractivity contribution >= 4 is 47.2 Å². The summed E-state index contributed by atoms with van der Waals surface area (Å²) in [5, 5.41) is 22.8. The minimum atomic E-state index is -0.466. The molecule has 16 atom stereocenters. The Balaban J connectivity index is 0.000000313. The van der Waals surface area contributed by atoms with Crippen molar-refractivity contribution in [2.45, 2.75) is 209 Å². The molecule has 11 rings (SSSR count). The molecular weight excluding hydrogens is 978 g/mol. The number of methoxy groups -OCH3 is 1. The van der Waals surface area contributed by atoms with E-state index in [9.17, 15) is 19.8 Å². The first-order valence-corrected chi connectivity index (χ1v) is 29.0. The third-order valence-electron chi connectivity index (χ3n) is 22.7. The first kappa shape index (κ1) is 66.7. The van der Waals surface area contributed by atoms with Gasteiger partial charge in [0, 0.05) is 38.5 Å². The van der Waals surface area contributed by atoms with Crippen molar-refractivity contribution in [1.82, 2.24) is 5.06 Å². The van der Waals surface area contributed by atoms with Crippen LogP contribution in [0.5, 0.6) is 5.75 Å². The number of halogens is 1. The SMILES string of the molecule is C.C.C1CCOC1.CON(C)C(=O)[C@H]1CC[C@H]2[C@@H]3CC[C@@H]4C[C@](C)(O)CC[C@]4(C)[C@H]3CC[C@]12C.COc1ccc(CC(=O)[C@H]2CC[C@H]3[C@@H]4CC[C@@H]5C[C@](C)(O)CC[C@]5(C)[C@H]4CC[C@]23C)cc1.Cl.[CH2-]c1ccc(C)cc1.[H-].[Mg+2]. The summed E-state index contributed by atoms with van der Waals surface area (Å²) in [6, 6.07) is 16.2. The molecule has 9 fully saturated rings. The van der Waals surface area contributed by atoms with Gasteiger partial charge in [0.05, 0.1) is 25.4 Å². The van der Waals surface area contributed by atoms with Crippen molar-refractivity contribution < 1.29 is 35.5 Å². The molecule has 2 aromatic carbocycles. The molecule has 2 aromatic rings. The zero-order chi connectivity index (χ0) is 51.9. The van der Waals surface area contributed by atoms with Crippen molar-refractivity contribution in [1.29, 1.82) is 0 Å². The van der Waals surface area contributed by atoms with Crippen LogP contribution in [0.15, 0.2) is 48.5 Å². The summed E-state index contributed by atoms with van der Waals surface area (Å²) in [5.74, 6) is 7.63. The number of aliphatic hydroxyl groups is 2. The van der Waals surface area contributed by atoms with Crippen LogP contribution < -0.4 is 4.74 Å². The van der Waals surface area contributed by atoms with Crippen molar-refractivity contribution in [3.05, 3.63) is 72.1 Å². The molecule has 0 spiro atoms. The Labute approximate surface area is 487 Å².